The predicted molar refractivity (Wildman–Crippen MR) is 139 cm³/mol. The summed E-state index contributed by atoms with van der Waals surface area (Å²) >= 11 is 0. The van der Waals surface area contributed by atoms with E-state index in [9.17, 15) is 9.90 Å². The number of carbonyl (C=O) groups is 1. The van der Waals surface area contributed by atoms with Crippen molar-refractivity contribution >= 4 is 16.6 Å². The Morgan fingerprint density at radius 2 is 1.50 bits per heavy atom. The van der Waals surface area contributed by atoms with E-state index >= 15 is 0 Å². The molecule has 0 aliphatic rings. The zero-order chi connectivity index (χ0) is 25.0. The van der Waals surface area contributed by atoms with Gasteiger partial charge in [0, 0.05) is 43.2 Å². The quantitative estimate of drug-likeness (QED) is 0.176. The van der Waals surface area contributed by atoms with Crippen LogP contribution in [0.4, 0.5) is 0 Å². The van der Waals surface area contributed by atoms with E-state index in [0.29, 0.717) is 0 Å². The van der Waals surface area contributed by atoms with Crippen molar-refractivity contribution in [1.82, 2.24) is 4.98 Å². The van der Waals surface area contributed by atoms with Gasteiger partial charge < -0.3 is 10.1 Å². The van der Waals surface area contributed by atoms with Gasteiger partial charge in [-0.05, 0) is 27.9 Å². The second kappa shape index (κ2) is 11.4. The van der Waals surface area contributed by atoms with Gasteiger partial charge in [0.25, 0.3) is 0 Å². The van der Waals surface area contributed by atoms with Gasteiger partial charge >= 0.3 is 0 Å². The normalized spacial score (nSPS) is 12.4. The fraction of sp³-hybridized carbons (Fsp3) is 0.400. The maximum Gasteiger partial charge on any atom is 0.164 e. The van der Waals surface area contributed by atoms with Crippen molar-refractivity contribution in [2.24, 2.45) is 10.8 Å². The van der Waals surface area contributed by atoms with Gasteiger partial charge in [0.2, 0.25) is 0 Å². The third-order valence-corrected chi connectivity index (χ3v) is 5.38. The molecule has 1 radical (unpaired) electrons. The topological polar surface area (TPSA) is 50.2 Å². The molecule has 1 N–H and O–H groups in total. The van der Waals surface area contributed by atoms with Gasteiger partial charge in [-0.15, -0.1) is 35.4 Å². The van der Waals surface area contributed by atoms with Gasteiger partial charge in [-0.1, -0.05) is 86.6 Å². The van der Waals surface area contributed by atoms with Crippen molar-refractivity contribution in [3.8, 4) is 11.3 Å². The van der Waals surface area contributed by atoms with Gasteiger partial charge in [-0.3, -0.25) is 4.79 Å². The predicted octanol–water partition coefficient (Wildman–Crippen LogP) is 8.09. The Hall–Kier alpha value is -2.29. The number of aliphatic hydroxyl groups excluding tert-OH is 1. The molecule has 0 atom stereocenters. The third kappa shape index (κ3) is 8.18. The summed E-state index contributed by atoms with van der Waals surface area (Å²) in [6.07, 6.45) is 3.20. The Morgan fingerprint density at radius 3 is 2.00 bits per heavy atom. The number of allylic oxidation sites excluding steroid dienone is 2. The molecule has 3 aromatic rings. The molecule has 4 heteroatoms. The first-order valence-corrected chi connectivity index (χ1v) is 11.4. The van der Waals surface area contributed by atoms with E-state index in [1.807, 2.05) is 53.8 Å². The van der Waals surface area contributed by atoms with Gasteiger partial charge in [0.05, 0.1) is 0 Å². The number of benzene rings is 2. The number of rotatable bonds is 2. The molecule has 0 unspecified atom stereocenters. The molecule has 0 aliphatic heterocycles. The van der Waals surface area contributed by atoms with E-state index in [4.69, 9.17) is 0 Å². The maximum absolute atomic E-state index is 11.5. The SMILES string of the molecule is CC(C)(C)C(=O)/C=C(\O)C(C)(C)C.CC(C)(C)c1c[c-]c(-c2nccc3ccccc23)cc1.[Ir]. The van der Waals surface area contributed by atoms with Crippen LogP contribution in [0.3, 0.4) is 0 Å². The molecule has 1 aromatic heterocycles. The van der Waals surface area contributed by atoms with Crippen LogP contribution in [0.25, 0.3) is 22.0 Å². The fourth-order valence-electron chi connectivity index (χ4n) is 2.93. The number of pyridine rings is 1. The summed E-state index contributed by atoms with van der Waals surface area (Å²) in [5, 5.41) is 11.9. The van der Waals surface area contributed by atoms with Crippen LogP contribution in [0.1, 0.15) is 67.9 Å². The second-order valence-corrected chi connectivity index (χ2v) is 11.5. The molecule has 185 valence electrons. The molecule has 0 aliphatic carbocycles. The first kappa shape index (κ1) is 29.7. The summed E-state index contributed by atoms with van der Waals surface area (Å²) in [7, 11) is 0. The van der Waals surface area contributed by atoms with E-state index in [0.717, 1.165) is 11.3 Å². The summed E-state index contributed by atoms with van der Waals surface area (Å²) in [5.41, 5.74) is 2.74. The van der Waals surface area contributed by atoms with Crippen LogP contribution in [0.2, 0.25) is 0 Å². The number of carbonyl (C=O) groups excluding carboxylic acids is 1. The Balaban J connectivity index is 0.000000364. The van der Waals surface area contributed by atoms with Gasteiger partial charge in [0.15, 0.2) is 5.78 Å². The molecule has 0 amide bonds. The Labute approximate surface area is 219 Å². The largest absolute Gasteiger partial charge is 0.512 e. The molecule has 3 nitrogen and oxygen atoms in total. The van der Waals surface area contributed by atoms with Gasteiger partial charge in [-0.25, -0.2) is 0 Å². The number of aromatic nitrogens is 1. The molecule has 2 aromatic carbocycles. The molecule has 1 heterocycles. The molecular weight excluding hydrogens is 599 g/mol. The Bertz CT molecular complexity index is 1120. The minimum Gasteiger partial charge on any atom is -0.512 e. The third-order valence-electron chi connectivity index (χ3n) is 5.38. The van der Waals surface area contributed by atoms with Crippen LogP contribution in [-0.4, -0.2) is 15.9 Å². The first-order chi connectivity index (χ1) is 15.1. The zero-order valence-corrected chi connectivity index (χ0v) is 24.3. The van der Waals surface area contributed by atoms with E-state index < -0.39 is 5.41 Å². The second-order valence-electron chi connectivity index (χ2n) is 11.5. The summed E-state index contributed by atoms with van der Waals surface area (Å²) < 4.78 is 0. The van der Waals surface area contributed by atoms with Crippen molar-refractivity contribution < 1.29 is 30.0 Å². The van der Waals surface area contributed by atoms with Crippen molar-refractivity contribution in [3.05, 3.63) is 78.2 Å². The number of nitrogens with zero attached hydrogens (tertiary/aromatic N) is 1. The fourth-order valence-corrected chi connectivity index (χ4v) is 2.93. The molecule has 0 spiro atoms. The Morgan fingerprint density at radius 1 is 0.882 bits per heavy atom. The number of aliphatic hydroxyl groups is 1. The minimum absolute atomic E-state index is 0. The summed E-state index contributed by atoms with van der Waals surface area (Å²) in [6, 6.07) is 20.1. The molecule has 0 saturated carbocycles. The average Bonchev–Trinajstić information content (AvgIpc) is 2.72. The molecular formula is C30H38IrNO2-. The van der Waals surface area contributed by atoms with E-state index in [2.05, 4.69) is 74.3 Å². The van der Waals surface area contributed by atoms with Crippen molar-refractivity contribution in [2.75, 3.05) is 0 Å². The number of fused-ring (bicyclic) bond motifs is 1. The summed E-state index contributed by atoms with van der Waals surface area (Å²) in [5.74, 6) is 0.104. The van der Waals surface area contributed by atoms with Crippen LogP contribution in [0.15, 0.2) is 66.6 Å². The molecule has 34 heavy (non-hydrogen) atoms. The molecule has 0 bridgehead atoms. The minimum atomic E-state index is -0.417. The number of hydrogen-bond acceptors (Lipinski definition) is 3. The van der Waals surface area contributed by atoms with Crippen LogP contribution in [0.5, 0.6) is 0 Å². The van der Waals surface area contributed by atoms with E-state index in [-0.39, 0.29) is 42.5 Å². The van der Waals surface area contributed by atoms with Gasteiger partial charge in [0.1, 0.15) is 5.76 Å². The standard InChI is InChI=1S/C19H18N.C11H20O2.Ir/c1-19(2,3)16-10-8-15(9-11-16)18-17-7-5-4-6-14(17)12-13-20-18;1-10(2,3)8(12)7-9(13)11(4,5)6;/h4-8,10-13H,1-3H3;7,12H,1-6H3;/q-1;;/b;8-7-;. The maximum atomic E-state index is 11.5. The van der Waals surface area contributed by atoms with E-state index in [1.54, 1.807) is 0 Å². The number of hydrogen-bond donors (Lipinski definition) is 1. The van der Waals surface area contributed by atoms with Crippen LogP contribution < -0.4 is 0 Å². The molecule has 0 saturated heterocycles. The van der Waals surface area contributed by atoms with Crippen LogP contribution in [0, 0.1) is 16.9 Å². The van der Waals surface area contributed by atoms with Crippen LogP contribution in [-0.2, 0) is 30.3 Å². The van der Waals surface area contributed by atoms with Gasteiger partial charge in [-0.2, -0.15) is 0 Å². The summed E-state index contributed by atoms with van der Waals surface area (Å²) in [6.45, 7) is 17.8. The van der Waals surface area contributed by atoms with Crippen LogP contribution >= 0.6 is 0 Å². The zero-order valence-electron chi connectivity index (χ0n) is 21.9. The molecule has 3 rings (SSSR count). The van der Waals surface area contributed by atoms with Crippen molar-refractivity contribution in [3.63, 3.8) is 0 Å². The van der Waals surface area contributed by atoms with Crippen molar-refractivity contribution in [1.29, 1.82) is 0 Å². The monoisotopic (exact) mass is 637 g/mol. The smallest absolute Gasteiger partial charge is 0.164 e. The van der Waals surface area contributed by atoms with Crippen molar-refractivity contribution in [2.45, 2.75) is 67.7 Å². The first-order valence-electron chi connectivity index (χ1n) is 11.4. The summed E-state index contributed by atoms with van der Waals surface area (Å²) in [4.78, 5) is 16.0. The molecule has 0 fully saturated rings. The average molecular weight is 637 g/mol. The Kier molecular flexibility index (Phi) is 9.99. The number of ketones is 1. The van der Waals surface area contributed by atoms with E-state index in [1.165, 1.54) is 22.4 Å².